The molecular formula is C42H45F6N4O7P. The average Bonchev–Trinajstić information content (AvgIpc) is 3.48. The molecule has 1 spiro atoms. The molecular weight excluding hydrogens is 817 g/mol. The number of esters is 1. The number of hydrogen-bond acceptors (Lipinski definition) is 9. The van der Waals surface area contributed by atoms with E-state index in [1.807, 2.05) is 33.8 Å². The Morgan fingerprint density at radius 2 is 1.58 bits per heavy atom. The van der Waals surface area contributed by atoms with Crippen LogP contribution in [0.1, 0.15) is 98.8 Å². The van der Waals surface area contributed by atoms with E-state index < -0.39 is 44.3 Å². The fourth-order valence-electron chi connectivity index (χ4n) is 8.01. The highest BCUT2D eigenvalue weighted by atomic mass is 31.2. The minimum Gasteiger partial charge on any atom is -0.456 e. The lowest BCUT2D eigenvalue weighted by atomic mass is 9.76. The third-order valence-electron chi connectivity index (χ3n) is 10.5. The number of unbranched alkanes of at least 4 members (excludes halogenated alkanes) is 3. The Kier molecular flexibility index (Phi) is 13.5. The van der Waals surface area contributed by atoms with E-state index in [-0.39, 0.29) is 103 Å². The summed E-state index contributed by atoms with van der Waals surface area (Å²) in [6.45, 7) is 8.04. The molecule has 322 valence electrons. The number of carbonyl (C=O) groups is 3. The largest absolute Gasteiger partial charge is 0.471 e. The van der Waals surface area contributed by atoms with Gasteiger partial charge in [-0.3, -0.25) is 9.59 Å². The zero-order chi connectivity index (χ0) is 43.6. The molecule has 3 aromatic rings. The Morgan fingerprint density at radius 3 is 2.27 bits per heavy atom. The van der Waals surface area contributed by atoms with Gasteiger partial charge in [0, 0.05) is 59.2 Å². The highest BCUT2D eigenvalue weighted by Crippen LogP contribution is 2.59. The molecule has 11 nitrogen and oxygen atoms in total. The van der Waals surface area contributed by atoms with Crippen molar-refractivity contribution in [3.05, 3.63) is 82.4 Å². The predicted octanol–water partition coefficient (Wildman–Crippen LogP) is 9.84. The molecule has 0 bridgehead atoms. The van der Waals surface area contributed by atoms with Crippen molar-refractivity contribution in [3.63, 3.8) is 0 Å². The van der Waals surface area contributed by atoms with Crippen LogP contribution >= 0.6 is 8.53 Å². The van der Waals surface area contributed by atoms with Gasteiger partial charge in [0.15, 0.2) is 5.60 Å². The summed E-state index contributed by atoms with van der Waals surface area (Å²) < 4.78 is 110. The Bertz CT molecular complexity index is 2130. The van der Waals surface area contributed by atoms with E-state index in [9.17, 15) is 40.7 Å². The molecule has 0 fully saturated rings. The molecule has 6 rings (SSSR count). The average molecular weight is 863 g/mol. The first-order valence-electron chi connectivity index (χ1n) is 19.7. The minimum atomic E-state index is -5.24. The lowest BCUT2D eigenvalue weighted by molar-refractivity contribution is -0.170. The van der Waals surface area contributed by atoms with Crippen molar-refractivity contribution < 1.29 is 59.2 Å². The molecule has 3 aromatic carbocycles. The molecule has 0 aromatic heterocycles. The van der Waals surface area contributed by atoms with Crippen LogP contribution in [-0.4, -0.2) is 73.2 Å². The van der Waals surface area contributed by atoms with Crippen LogP contribution in [-0.2, 0) is 35.4 Å². The first kappa shape index (κ1) is 44.8. The number of fused-ring (bicyclic) bond motifs is 8. The van der Waals surface area contributed by atoms with Gasteiger partial charge in [-0.2, -0.15) is 31.6 Å². The molecule has 0 saturated heterocycles. The van der Waals surface area contributed by atoms with E-state index in [4.69, 9.17) is 23.8 Å². The van der Waals surface area contributed by atoms with Crippen molar-refractivity contribution in [1.82, 2.24) is 4.67 Å². The SMILES string of the molecule is CC(C)N(C(C)C)P(OCCC#N)OCCCCCCN(C(=O)C(F)(F)F)c1ccc2c(c1)Oc1c(ccc3c1CCCN3C(=O)C(F)(F)F)C21OC(=O)c2ccccc21. The number of carbonyl (C=O) groups excluding carboxylic acids is 3. The van der Waals surface area contributed by atoms with Gasteiger partial charge in [-0.15, -0.1) is 0 Å². The summed E-state index contributed by atoms with van der Waals surface area (Å²) in [5.41, 5.74) is -0.665. The maximum absolute atomic E-state index is 14.1. The van der Waals surface area contributed by atoms with E-state index in [0.717, 1.165) is 0 Å². The summed E-state index contributed by atoms with van der Waals surface area (Å²) in [5, 5.41) is 8.95. The smallest absolute Gasteiger partial charge is 0.456 e. The predicted molar refractivity (Wildman–Crippen MR) is 209 cm³/mol. The van der Waals surface area contributed by atoms with Crippen LogP contribution in [0.3, 0.4) is 0 Å². The van der Waals surface area contributed by atoms with Crippen molar-refractivity contribution in [2.24, 2.45) is 0 Å². The molecule has 3 aliphatic rings. The van der Waals surface area contributed by atoms with Crippen LogP contribution < -0.4 is 14.5 Å². The zero-order valence-electron chi connectivity index (χ0n) is 33.5. The van der Waals surface area contributed by atoms with E-state index in [0.29, 0.717) is 41.2 Å². The van der Waals surface area contributed by atoms with Crippen LogP contribution in [0, 0.1) is 11.3 Å². The van der Waals surface area contributed by atoms with E-state index in [2.05, 4.69) is 4.67 Å². The molecule has 60 heavy (non-hydrogen) atoms. The first-order chi connectivity index (χ1) is 28.4. The number of amides is 2. The zero-order valence-corrected chi connectivity index (χ0v) is 34.4. The number of alkyl halides is 6. The normalized spacial score (nSPS) is 17.5. The summed E-state index contributed by atoms with van der Waals surface area (Å²) in [6.07, 6.45) is -8.14. The number of benzene rings is 3. The van der Waals surface area contributed by atoms with Gasteiger partial charge in [-0.05, 0) is 83.7 Å². The van der Waals surface area contributed by atoms with Crippen molar-refractivity contribution >= 4 is 37.7 Å². The number of hydrogen-bond donors (Lipinski definition) is 0. The van der Waals surface area contributed by atoms with Gasteiger partial charge < -0.3 is 28.3 Å². The van der Waals surface area contributed by atoms with Crippen LogP contribution in [0.5, 0.6) is 11.5 Å². The quantitative estimate of drug-likeness (QED) is 0.0636. The Balaban J connectivity index is 1.27. The topological polar surface area (TPSA) is 122 Å². The molecule has 18 heteroatoms. The van der Waals surface area contributed by atoms with Gasteiger partial charge in [-0.25, -0.2) is 9.46 Å². The van der Waals surface area contributed by atoms with Gasteiger partial charge in [-0.1, -0.05) is 31.0 Å². The molecule has 0 radical (unpaired) electrons. The van der Waals surface area contributed by atoms with Gasteiger partial charge >= 0.3 is 30.1 Å². The molecule has 0 N–H and O–H groups in total. The monoisotopic (exact) mass is 862 g/mol. The molecule has 2 amide bonds. The van der Waals surface area contributed by atoms with Gasteiger partial charge in [0.2, 0.25) is 0 Å². The van der Waals surface area contributed by atoms with Crippen LogP contribution in [0.2, 0.25) is 0 Å². The van der Waals surface area contributed by atoms with Crippen LogP contribution in [0.4, 0.5) is 37.7 Å². The Morgan fingerprint density at radius 1 is 0.900 bits per heavy atom. The van der Waals surface area contributed by atoms with E-state index in [1.54, 1.807) is 24.3 Å². The Hall–Kier alpha value is -4.75. The molecule has 2 unspecified atom stereocenters. The fourth-order valence-corrected chi connectivity index (χ4v) is 9.64. The summed E-state index contributed by atoms with van der Waals surface area (Å²) in [7, 11) is -1.46. The molecule has 0 aliphatic carbocycles. The molecule has 0 saturated carbocycles. The number of halogens is 6. The highest BCUT2D eigenvalue weighted by Gasteiger charge is 2.55. The maximum Gasteiger partial charge on any atom is 0.471 e. The standard InChI is InChI=1S/C42H45F6N4O7P/c1-26(2)52(27(3)4)60(57-24-12-20-49)56-23-10-6-5-9-21-50(38(54)41(43,44)45)28-16-17-32-35(25-28)58-36-30-14-11-22-51(39(55)42(46,47)48)34(30)19-18-33(36)40(32)31-15-8-7-13-29(31)37(53)59-40/h7-8,13,15-19,25-27H,5-6,9-12,14,21-24H2,1-4H3. The molecule has 3 heterocycles. The number of ether oxygens (including phenoxy) is 2. The summed E-state index contributed by atoms with van der Waals surface area (Å²) >= 11 is 0. The minimum absolute atomic E-state index is 0.00119. The molecule has 2 atom stereocenters. The number of anilines is 2. The summed E-state index contributed by atoms with van der Waals surface area (Å²) in [4.78, 5) is 40.1. The van der Waals surface area contributed by atoms with E-state index >= 15 is 0 Å². The van der Waals surface area contributed by atoms with Crippen molar-refractivity contribution in [1.29, 1.82) is 5.26 Å². The van der Waals surface area contributed by atoms with Gasteiger partial charge in [0.05, 0.1) is 37.0 Å². The van der Waals surface area contributed by atoms with E-state index in [1.165, 1.54) is 30.3 Å². The number of nitriles is 1. The Labute approximate surface area is 345 Å². The summed E-state index contributed by atoms with van der Waals surface area (Å²) in [6, 6.07) is 15.5. The lowest BCUT2D eigenvalue weighted by Crippen LogP contribution is -2.44. The second-order valence-electron chi connectivity index (χ2n) is 15.1. The second-order valence-corrected chi connectivity index (χ2v) is 16.6. The third kappa shape index (κ3) is 8.84. The lowest BCUT2D eigenvalue weighted by Gasteiger charge is -2.40. The maximum atomic E-state index is 14.1. The van der Waals surface area contributed by atoms with Crippen LogP contribution in [0.15, 0.2) is 54.6 Å². The van der Waals surface area contributed by atoms with Crippen molar-refractivity contribution in [2.75, 3.05) is 36.1 Å². The van der Waals surface area contributed by atoms with Gasteiger partial charge in [0.25, 0.3) is 8.53 Å². The van der Waals surface area contributed by atoms with Gasteiger partial charge in [0.1, 0.15) is 11.5 Å². The fraction of sp³-hybridized carbons (Fsp3) is 0.476. The number of nitrogens with zero attached hydrogens (tertiary/aromatic N) is 4. The number of rotatable bonds is 15. The van der Waals surface area contributed by atoms with Crippen molar-refractivity contribution in [3.8, 4) is 17.6 Å². The van der Waals surface area contributed by atoms with Crippen LogP contribution in [0.25, 0.3) is 0 Å². The van der Waals surface area contributed by atoms with Crippen molar-refractivity contribution in [2.45, 2.75) is 103 Å². The third-order valence-corrected chi connectivity index (χ3v) is 12.6. The highest BCUT2D eigenvalue weighted by molar-refractivity contribution is 7.44. The first-order valence-corrected chi connectivity index (χ1v) is 20.8. The summed E-state index contributed by atoms with van der Waals surface area (Å²) in [5.74, 6) is -4.98. The second kappa shape index (κ2) is 18.1. The molecule has 3 aliphatic heterocycles.